The summed E-state index contributed by atoms with van der Waals surface area (Å²) in [6.45, 7) is 1.71. The van der Waals surface area contributed by atoms with Crippen LogP contribution in [-0.2, 0) is 4.79 Å². The first-order valence-corrected chi connectivity index (χ1v) is 8.11. The van der Waals surface area contributed by atoms with Crippen LogP contribution in [0.15, 0.2) is 41.3 Å². The fourth-order valence-corrected chi connectivity index (χ4v) is 2.56. The van der Waals surface area contributed by atoms with E-state index in [9.17, 15) is 4.79 Å². The van der Waals surface area contributed by atoms with Gasteiger partial charge >= 0.3 is 0 Å². The fourth-order valence-electron chi connectivity index (χ4n) is 1.79. The van der Waals surface area contributed by atoms with Crippen LogP contribution in [0.3, 0.4) is 0 Å². The van der Waals surface area contributed by atoms with E-state index in [1.807, 2.05) is 18.4 Å². The summed E-state index contributed by atoms with van der Waals surface area (Å²) in [5, 5.41) is 14.2. The molecule has 0 fully saturated rings. The fraction of sp³-hybridized carbons (Fsp3) is 0.125. The molecule has 2 aromatic carbocycles. The lowest BCUT2D eigenvalue weighted by Gasteiger charge is -2.10. The molecule has 0 saturated heterocycles. The highest BCUT2D eigenvalue weighted by Gasteiger charge is 2.08. The summed E-state index contributed by atoms with van der Waals surface area (Å²) in [6, 6.07) is 10.2. The zero-order chi connectivity index (χ0) is 16.8. The minimum absolute atomic E-state index is 0.147. The van der Waals surface area contributed by atoms with E-state index in [1.54, 1.807) is 30.3 Å². The third-order valence-electron chi connectivity index (χ3n) is 2.90. The molecule has 0 aliphatic carbocycles. The van der Waals surface area contributed by atoms with Gasteiger partial charge in [0, 0.05) is 16.6 Å². The Hall–Kier alpha value is -1.87. The Kier molecular flexibility index (Phi) is 6.17. The molecule has 118 valence electrons. The monoisotopic (exact) mass is 366 g/mol. The maximum absolute atomic E-state index is 11.9. The molecule has 0 aromatic heterocycles. The third kappa shape index (κ3) is 5.07. The molecule has 2 rings (SSSR count). The molecular formula is C16H12Cl2N2O2S. The smallest absolute Gasteiger partial charge is 0.262 e. The molecule has 0 unspecified atom stereocenters. The van der Waals surface area contributed by atoms with Crippen LogP contribution in [0.4, 0.5) is 5.69 Å². The number of nitrogens with one attached hydrogen (secondary N) is 1. The molecular weight excluding hydrogens is 355 g/mol. The summed E-state index contributed by atoms with van der Waals surface area (Å²) in [5.41, 5.74) is 1.54. The summed E-state index contributed by atoms with van der Waals surface area (Å²) in [5.74, 6) is 0.173. The van der Waals surface area contributed by atoms with Crippen LogP contribution in [0.5, 0.6) is 5.75 Å². The van der Waals surface area contributed by atoms with Gasteiger partial charge in [-0.25, -0.2) is 0 Å². The van der Waals surface area contributed by atoms with Crippen molar-refractivity contribution in [2.75, 3.05) is 11.9 Å². The SMILES string of the molecule is Cc1cc(SC#N)ccc1NC(=O)COc1ccc(Cl)c(Cl)c1. The molecule has 0 aliphatic rings. The Morgan fingerprint density at radius 1 is 1.26 bits per heavy atom. The molecule has 0 heterocycles. The summed E-state index contributed by atoms with van der Waals surface area (Å²) >= 11 is 12.8. The average molecular weight is 367 g/mol. The van der Waals surface area contributed by atoms with E-state index in [0.717, 1.165) is 22.2 Å². The van der Waals surface area contributed by atoms with Crippen LogP contribution in [0.25, 0.3) is 0 Å². The predicted molar refractivity (Wildman–Crippen MR) is 93.2 cm³/mol. The maximum atomic E-state index is 11.9. The number of thiocyanates is 1. The number of ether oxygens (including phenoxy) is 1. The van der Waals surface area contributed by atoms with Crippen molar-refractivity contribution in [1.29, 1.82) is 5.26 Å². The number of carbonyl (C=O) groups excluding carboxylic acids is 1. The topological polar surface area (TPSA) is 62.1 Å². The molecule has 2 aromatic rings. The molecule has 7 heteroatoms. The summed E-state index contributed by atoms with van der Waals surface area (Å²) in [6.07, 6.45) is 0. The van der Waals surface area contributed by atoms with E-state index in [1.165, 1.54) is 0 Å². The number of rotatable bonds is 5. The van der Waals surface area contributed by atoms with Crippen LogP contribution in [0.1, 0.15) is 5.56 Å². The first-order valence-electron chi connectivity index (χ1n) is 6.54. The van der Waals surface area contributed by atoms with Gasteiger partial charge < -0.3 is 10.1 Å². The molecule has 0 saturated carbocycles. The van der Waals surface area contributed by atoms with Gasteiger partial charge in [-0.1, -0.05) is 23.2 Å². The number of carbonyl (C=O) groups is 1. The standard InChI is InChI=1S/C16H12Cl2N2O2S/c1-10-6-12(23-9-19)3-5-15(10)20-16(21)8-22-11-2-4-13(17)14(18)7-11/h2-7H,8H2,1H3,(H,20,21). The summed E-state index contributed by atoms with van der Waals surface area (Å²) in [7, 11) is 0. The average Bonchev–Trinajstić information content (AvgIpc) is 2.51. The van der Waals surface area contributed by atoms with Crippen LogP contribution in [-0.4, -0.2) is 12.5 Å². The number of hydrogen-bond donors (Lipinski definition) is 1. The largest absolute Gasteiger partial charge is 0.484 e. The van der Waals surface area contributed by atoms with E-state index in [0.29, 0.717) is 21.5 Å². The summed E-state index contributed by atoms with van der Waals surface area (Å²) < 4.78 is 5.38. The number of thioether (sulfide) groups is 1. The van der Waals surface area contributed by atoms with Crippen molar-refractivity contribution in [3.63, 3.8) is 0 Å². The number of aryl methyl sites for hydroxylation is 1. The zero-order valence-electron chi connectivity index (χ0n) is 12.1. The number of amides is 1. The van der Waals surface area contributed by atoms with E-state index in [2.05, 4.69) is 5.32 Å². The van der Waals surface area contributed by atoms with Crippen LogP contribution < -0.4 is 10.1 Å². The van der Waals surface area contributed by atoms with Gasteiger partial charge in [0.25, 0.3) is 5.91 Å². The molecule has 23 heavy (non-hydrogen) atoms. The van der Waals surface area contributed by atoms with Gasteiger partial charge in [0.2, 0.25) is 0 Å². The number of halogens is 2. The van der Waals surface area contributed by atoms with E-state index in [-0.39, 0.29) is 12.5 Å². The Morgan fingerprint density at radius 3 is 2.70 bits per heavy atom. The predicted octanol–water partition coefficient (Wildman–Crippen LogP) is 4.89. The van der Waals surface area contributed by atoms with Crippen LogP contribution in [0.2, 0.25) is 10.0 Å². The number of benzene rings is 2. The third-order valence-corrected chi connectivity index (χ3v) is 4.22. The van der Waals surface area contributed by atoms with Gasteiger partial charge in [-0.3, -0.25) is 4.79 Å². The first kappa shape index (κ1) is 17.5. The van der Waals surface area contributed by atoms with Crippen molar-refractivity contribution in [3.8, 4) is 11.2 Å². The first-order chi connectivity index (χ1) is 11.0. The Labute approximate surface area is 148 Å². The minimum atomic E-state index is -0.292. The summed E-state index contributed by atoms with van der Waals surface area (Å²) in [4.78, 5) is 12.8. The Balaban J connectivity index is 1.94. The van der Waals surface area contributed by atoms with Crippen molar-refractivity contribution < 1.29 is 9.53 Å². The van der Waals surface area contributed by atoms with Crippen LogP contribution in [0, 0.1) is 17.6 Å². The molecule has 1 N–H and O–H groups in total. The van der Waals surface area contributed by atoms with Gasteiger partial charge in [-0.15, -0.1) is 0 Å². The van der Waals surface area contributed by atoms with Crippen molar-refractivity contribution in [3.05, 3.63) is 52.0 Å². The molecule has 0 atom stereocenters. The number of hydrogen-bond acceptors (Lipinski definition) is 4. The van der Waals surface area contributed by atoms with Crippen molar-refractivity contribution in [2.45, 2.75) is 11.8 Å². The molecule has 0 aliphatic heterocycles. The van der Waals surface area contributed by atoms with Gasteiger partial charge in [-0.2, -0.15) is 5.26 Å². The second-order valence-electron chi connectivity index (χ2n) is 4.58. The highest BCUT2D eigenvalue weighted by Crippen LogP contribution is 2.26. The molecule has 4 nitrogen and oxygen atoms in total. The van der Waals surface area contributed by atoms with Crippen molar-refractivity contribution in [1.82, 2.24) is 0 Å². The maximum Gasteiger partial charge on any atom is 0.262 e. The van der Waals surface area contributed by atoms with Gasteiger partial charge in [-0.05, 0) is 54.6 Å². The number of nitrogens with zero attached hydrogens (tertiary/aromatic N) is 1. The van der Waals surface area contributed by atoms with Gasteiger partial charge in [0.05, 0.1) is 10.0 Å². The lowest BCUT2D eigenvalue weighted by atomic mass is 10.2. The van der Waals surface area contributed by atoms with E-state index < -0.39 is 0 Å². The van der Waals surface area contributed by atoms with Gasteiger partial charge in [0.1, 0.15) is 11.2 Å². The molecule has 0 spiro atoms. The highest BCUT2D eigenvalue weighted by atomic mass is 35.5. The van der Waals surface area contributed by atoms with Gasteiger partial charge in [0.15, 0.2) is 6.61 Å². The second kappa shape index (κ2) is 8.11. The van der Waals surface area contributed by atoms with E-state index in [4.69, 9.17) is 33.2 Å². The number of nitriles is 1. The number of anilines is 1. The van der Waals surface area contributed by atoms with E-state index >= 15 is 0 Å². The molecule has 0 radical (unpaired) electrons. The van der Waals surface area contributed by atoms with Crippen molar-refractivity contribution >= 4 is 46.6 Å². The lowest BCUT2D eigenvalue weighted by Crippen LogP contribution is -2.20. The minimum Gasteiger partial charge on any atom is -0.484 e. The zero-order valence-corrected chi connectivity index (χ0v) is 14.4. The molecule has 1 amide bonds. The lowest BCUT2D eigenvalue weighted by molar-refractivity contribution is -0.118. The molecule has 0 bridgehead atoms. The highest BCUT2D eigenvalue weighted by molar-refractivity contribution is 8.03. The quantitative estimate of drug-likeness (QED) is 0.604. The Morgan fingerprint density at radius 2 is 2.04 bits per heavy atom. The van der Waals surface area contributed by atoms with Crippen molar-refractivity contribution in [2.24, 2.45) is 0 Å². The normalized spacial score (nSPS) is 10.0. The second-order valence-corrected chi connectivity index (χ2v) is 6.26. The Bertz CT molecular complexity index is 775. The van der Waals surface area contributed by atoms with Crippen LogP contribution >= 0.6 is 35.0 Å².